The molecule has 346 valence electrons. The van der Waals surface area contributed by atoms with Crippen LogP contribution in [0.2, 0.25) is 0 Å². The molecule has 1 spiro atoms. The highest BCUT2D eigenvalue weighted by atomic mass is 16.5. The Hall–Kier alpha value is -9.98. The molecular weight excluding hydrogens is 905 g/mol. The van der Waals surface area contributed by atoms with E-state index in [2.05, 4.69) is 170 Å². The number of para-hydroxylation sites is 2. The van der Waals surface area contributed by atoms with E-state index in [-0.39, 0.29) is 0 Å². The zero-order valence-electron chi connectivity index (χ0n) is 39.8. The van der Waals surface area contributed by atoms with Gasteiger partial charge in [-0.3, -0.25) is 0 Å². The third kappa shape index (κ3) is 7.29. The lowest BCUT2D eigenvalue weighted by atomic mass is 9.66. The molecule has 0 atom stereocenters. The summed E-state index contributed by atoms with van der Waals surface area (Å²) < 4.78 is 6.71. The van der Waals surface area contributed by atoms with Gasteiger partial charge in [0, 0.05) is 44.5 Å². The maximum atomic E-state index is 6.71. The van der Waals surface area contributed by atoms with Crippen LogP contribution in [-0.4, -0.2) is 29.9 Å². The van der Waals surface area contributed by atoms with Crippen LogP contribution in [-0.2, 0) is 5.41 Å². The highest BCUT2D eigenvalue weighted by Crippen LogP contribution is 2.62. The van der Waals surface area contributed by atoms with Gasteiger partial charge in [0.2, 0.25) is 0 Å². The predicted molar refractivity (Wildman–Crippen MR) is 294 cm³/mol. The normalized spacial score (nSPS) is 12.5. The second-order valence-electron chi connectivity index (χ2n) is 18.6. The highest BCUT2D eigenvalue weighted by Gasteiger charge is 2.51. The molecule has 0 bridgehead atoms. The average Bonchev–Trinajstić information content (AvgIpc) is 3.77. The first kappa shape index (κ1) is 42.9. The van der Waals surface area contributed by atoms with Gasteiger partial charge in [0.25, 0.3) is 0 Å². The molecular formula is C67H42N6O. The number of benzene rings is 10. The Balaban J connectivity index is 0.974. The molecule has 1 aliphatic heterocycles. The zero-order valence-corrected chi connectivity index (χ0v) is 39.8. The first-order chi connectivity index (χ1) is 36.6. The smallest absolute Gasteiger partial charge is 0.164 e. The Morgan fingerprint density at radius 3 is 0.838 bits per heavy atom. The van der Waals surface area contributed by atoms with E-state index in [4.69, 9.17) is 34.6 Å². The van der Waals surface area contributed by atoms with Crippen LogP contribution in [0.4, 0.5) is 0 Å². The van der Waals surface area contributed by atoms with E-state index in [9.17, 15) is 0 Å². The molecule has 2 aromatic heterocycles. The van der Waals surface area contributed by atoms with E-state index < -0.39 is 5.41 Å². The average molecular weight is 947 g/mol. The van der Waals surface area contributed by atoms with Crippen molar-refractivity contribution in [1.82, 2.24) is 29.9 Å². The number of hydrogen-bond donors (Lipinski definition) is 0. The van der Waals surface area contributed by atoms with Gasteiger partial charge in [0.1, 0.15) is 11.5 Å². The van der Waals surface area contributed by atoms with Gasteiger partial charge in [-0.25, -0.2) is 29.9 Å². The third-order valence-corrected chi connectivity index (χ3v) is 14.3. The maximum Gasteiger partial charge on any atom is 0.164 e. The summed E-state index contributed by atoms with van der Waals surface area (Å²) in [6.45, 7) is 0. The second kappa shape index (κ2) is 17.7. The minimum absolute atomic E-state index is 0.566. The van der Waals surface area contributed by atoms with Crippen molar-refractivity contribution in [1.29, 1.82) is 0 Å². The molecule has 1 aliphatic carbocycles. The Bertz CT molecular complexity index is 3870. The molecule has 0 fully saturated rings. The number of fused-ring (bicyclic) bond motifs is 9. The van der Waals surface area contributed by atoms with Gasteiger partial charge in [0.15, 0.2) is 34.9 Å². The van der Waals surface area contributed by atoms with Crippen molar-refractivity contribution in [3.05, 3.63) is 277 Å². The van der Waals surface area contributed by atoms with Crippen molar-refractivity contribution in [2.75, 3.05) is 0 Å². The minimum atomic E-state index is -0.715. The summed E-state index contributed by atoms with van der Waals surface area (Å²) in [6, 6.07) is 88.1. The fourth-order valence-electron chi connectivity index (χ4n) is 10.8. The van der Waals surface area contributed by atoms with Gasteiger partial charge in [-0.15, -0.1) is 0 Å². The number of hydrogen-bond acceptors (Lipinski definition) is 7. The van der Waals surface area contributed by atoms with E-state index in [1.54, 1.807) is 0 Å². The van der Waals surface area contributed by atoms with E-state index in [1.165, 1.54) is 0 Å². The first-order valence-electron chi connectivity index (χ1n) is 24.8. The van der Waals surface area contributed by atoms with Gasteiger partial charge in [0.05, 0.1) is 5.41 Å². The number of ether oxygens (including phenoxy) is 1. The van der Waals surface area contributed by atoms with Crippen molar-refractivity contribution in [2.24, 2.45) is 0 Å². The third-order valence-electron chi connectivity index (χ3n) is 14.3. The molecule has 0 saturated heterocycles. The molecule has 0 saturated carbocycles. The fourth-order valence-corrected chi connectivity index (χ4v) is 10.8. The first-order valence-corrected chi connectivity index (χ1v) is 24.8. The van der Waals surface area contributed by atoms with Crippen molar-refractivity contribution < 1.29 is 4.74 Å². The summed E-state index contributed by atoms with van der Waals surface area (Å²) >= 11 is 0. The molecule has 0 amide bonds. The summed E-state index contributed by atoms with van der Waals surface area (Å²) in [5.41, 5.74) is 15.6. The molecule has 3 heterocycles. The van der Waals surface area contributed by atoms with Crippen molar-refractivity contribution >= 4 is 0 Å². The molecule has 7 heteroatoms. The summed E-state index contributed by atoms with van der Waals surface area (Å²) in [6.07, 6.45) is 0. The highest BCUT2D eigenvalue weighted by molar-refractivity contribution is 5.92. The standard InChI is InChI=1S/C67H42N6O/c1-5-17-43(18-6-1)45-29-33-49(34-30-45)63-69-64(50-35-31-46(32-36-50)44-19-7-2-8-20-44)73-66(72-63)52-38-40-56-54(42-52)53-41-51(65-70-61(47-21-9-3-10-22-47)68-62(71-65)48-23-11-4-12-24-48)37-39-55(53)67(56)57-25-13-15-27-59(57)74-60-28-16-14-26-58(60)67/h1-42H. The molecule has 74 heavy (non-hydrogen) atoms. The Labute approximate surface area is 428 Å². The van der Waals surface area contributed by atoms with Crippen molar-refractivity contribution in [3.63, 3.8) is 0 Å². The SMILES string of the molecule is c1ccc(-c2ccc(-c3nc(-c4ccc(-c5ccccc5)cc4)nc(-c4ccc5c(c4)-c4cc(-c6nc(-c7ccccc7)nc(-c7ccccc7)n6)ccc4C54c5ccccc5Oc5ccccc54)n3)cc2)cc1. The van der Waals surface area contributed by atoms with Crippen LogP contribution in [0.25, 0.3) is 102 Å². The lowest BCUT2D eigenvalue weighted by Gasteiger charge is -2.39. The largest absolute Gasteiger partial charge is 0.457 e. The summed E-state index contributed by atoms with van der Waals surface area (Å²) in [7, 11) is 0. The van der Waals surface area contributed by atoms with E-state index >= 15 is 0 Å². The topological polar surface area (TPSA) is 86.6 Å². The molecule has 10 aromatic carbocycles. The van der Waals surface area contributed by atoms with Crippen molar-refractivity contribution in [2.45, 2.75) is 5.41 Å². The Morgan fingerprint density at radius 2 is 0.473 bits per heavy atom. The van der Waals surface area contributed by atoms with Crippen LogP contribution >= 0.6 is 0 Å². The number of nitrogens with zero attached hydrogens (tertiary/aromatic N) is 6. The lowest BCUT2D eigenvalue weighted by molar-refractivity contribution is 0.436. The molecule has 0 radical (unpaired) electrons. The molecule has 0 N–H and O–H groups in total. The van der Waals surface area contributed by atoms with Crippen LogP contribution in [0.1, 0.15) is 22.3 Å². The summed E-state index contributed by atoms with van der Waals surface area (Å²) in [5, 5.41) is 0. The number of aromatic nitrogens is 6. The molecule has 7 nitrogen and oxygen atoms in total. The molecule has 2 aliphatic rings. The predicted octanol–water partition coefficient (Wildman–Crippen LogP) is 15.9. The van der Waals surface area contributed by atoms with Gasteiger partial charge >= 0.3 is 0 Å². The van der Waals surface area contributed by atoms with E-state index in [1.807, 2.05) is 84.9 Å². The van der Waals surface area contributed by atoms with E-state index in [0.29, 0.717) is 34.9 Å². The summed E-state index contributed by atoms with van der Waals surface area (Å²) in [5.74, 6) is 5.16. The van der Waals surface area contributed by atoms with E-state index in [0.717, 1.165) is 101 Å². The Kier molecular flexibility index (Phi) is 10.3. The zero-order chi connectivity index (χ0) is 49.0. The van der Waals surface area contributed by atoms with Crippen LogP contribution in [0, 0.1) is 0 Å². The minimum Gasteiger partial charge on any atom is -0.457 e. The number of rotatable bonds is 8. The van der Waals surface area contributed by atoms with Gasteiger partial charge in [-0.1, -0.05) is 231 Å². The van der Waals surface area contributed by atoms with Crippen LogP contribution in [0.15, 0.2) is 255 Å². The molecule has 12 aromatic rings. The molecule has 0 unspecified atom stereocenters. The van der Waals surface area contributed by atoms with Gasteiger partial charge in [-0.05, 0) is 68.8 Å². The molecule has 14 rings (SSSR count). The maximum absolute atomic E-state index is 6.71. The van der Waals surface area contributed by atoms with Crippen molar-refractivity contribution in [3.8, 4) is 113 Å². The lowest BCUT2D eigenvalue weighted by Crippen LogP contribution is -2.32. The quantitative estimate of drug-likeness (QED) is 0.150. The Morgan fingerprint density at radius 1 is 0.216 bits per heavy atom. The fraction of sp³-hybridized carbons (Fsp3) is 0.0149. The van der Waals surface area contributed by atoms with Gasteiger partial charge in [-0.2, -0.15) is 0 Å². The van der Waals surface area contributed by atoms with Gasteiger partial charge < -0.3 is 4.74 Å². The monoisotopic (exact) mass is 946 g/mol. The van der Waals surface area contributed by atoms with Crippen LogP contribution in [0.3, 0.4) is 0 Å². The van der Waals surface area contributed by atoms with Crippen LogP contribution in [0.5, 0.6) is 11.5 Å². The second-order valence-corrected chi connectivity index (χ2v) is 18.6. The van der Waals surface area contributed by atoms with Crippen LogP contribution < -0.4 is 4.74 Å². The summed E-state index contributed by atoms with van der Waals surface area (Å²) in [4.78, 5) is 31.1.